The third kappa shape index (κ3) is 5.55. The molecule has 2 aliphatic rings. The van der Waals surface area contributed by atoms with Crippen molar-refractivity contribution < 1.29 is 19.0 Å². The predicted octanol–water partition coefficient (Wildman–Crippen LogP) is 3.97. The Balaban J connectivity index is 1.30. The van der Waals surface area contributed by atoms with Gasteiger partial charge in [-0.05, 0) is 54.6 Å². The maximum absolute atomic E-state index is 12.9. The molecule has 0 saturated carbocycles. The van der Waals surface area contributed by atoms with E-state index in [-0.39, 0.29) is 11.3 Å². The van der Waals surface area contributed by atoms with Crippen molar-refractivity contribution >= 4 is 28.9 Å². The molecule has 8 heteroatoms. The Kier molecular flexibility index (Phi) is 7.46. The highest BCUT2D eigenvalue weighted by Gasteiger charge is 2.42. The Labute approximate surface area is 207 Å². The molecule has 0 unspecified atom stereocenters. The maximum atomic E-state index is 12.9. The number of rotatable bonds is 6. The second kappa shape index (κ2) is 10.5. The van der Waals surface area contributed by atoms with Crippen molar-refractivity contribution in [3.8, 4) is 17.2 Å². The molecule has 2 aromatic carbocycles. The molecular weight excluding hydrogens is 450 g/mol. The van der Waals surface area contributed by atoms with Crippen LogP contribution in [0.2, 0.25) is 0 Å². The van der Waals surface area contributed by atoms with Gasteiger partial charge in [0.2, 0.25) is 5.91 Å². The number of hydrogen-bond donors (Lipinski definition) is 1. The Morgan fingerprint density at radius 3 is 2.15 bits per heavy atom. The summed E-state index contributed by atoms with van der Waals surface area (Å²) in [5, 5.41) is 4.05. The number of likely N-dealkylation sites (tertiary alicyclic amines) is 2. The summed E-state index contributed by atoms with van der Waals surface area (Å²) in [6, 6.07) is 13.4. The number of methoxy groups -OCH3 is 3. The van der Waals surface area contributed by atoms with Gasteiger partial charge in [-0.15, -0.1) is 0 Å². The molecule has 2 saturated heterocycles. The third-order valence-electron chi connectivity index (χ3n) is 6.99. The number of nitrogens with zero attached hydrogens (tertiary/aromatic N) is 2. The summed E-state index contributed by atoms with van der Waals surface area (Å²) in [4.78, 5) is 17.1. The van der Waals surface area contributed by atoms with E-state index in [9.17, 15) is 4.79 Å². The lowest BCUT2D eigenvalue weighted by Gasteiger charge is -2.39. The van der Waals surface area contributed by atoms with Gasteiger partial charge in [-0.1, -0.05) is 12.1 Å². The third-order valence-corrected chi connectivity index (χ3v) is 7.35. The summed E-state index contributed by atoms with van der Waals surface area (Å²) >= 11 is 5.72. The molecule has 2 aliphatic heterocycles. The Hall–Kier alpha value is -3.00. The van der Waals surface area contributed by atoms with Gasteiger partial charge in [0.05, 0.1) is 27.8 Å². The van der Waals surface area contributed by atoms with Gasteiger partial charge in [0.25, 0.3) is 0 Å². The molecule has 4 rings (SSSR count). The maximum Gasteiger partial charge on any atom is 0.226 e. The van der Waals surface area contributed by atoms with Crippen LogP contribution in [0.25, 0.3) is 0 Å². The number of hydrogen-bond acceptors (Lipinski definition) is 5. The molecule has 0 aromatic heterocycles. The second-order valence-electron chi connectivity index (χ2n) is 9.11. The molecule has 2 fully saturated rings. The van der Waals surface area contributed by atoms with Gasteiger partial charge in [0.1, 0.15) is 17.2 Å². The molecule has 0 atom stereocenters. The number of carbonyl (C=O) groups excluding carboxylic acids is 1. The molecule has 0 radical (unpaired) electrons. The zero-order valence-electron chi connectivity index (χ0n) is 20.1. The molecule has 1 N–H and O–H groups in total. The zero-order chi connectivity index (χ0) is 24.1. The van der Waals surface area contributed by atoms with Gasteiger partial charge >= 0.3 is 0 Å². The molecule has 0 aliphatic carbocycles. The van der Waals surface area contributed by atoms with Crippen molar-refractivity contribution in [2.75, 3.05) is 52.8 Å². The van der Waals surface area contributed by atoms with E-state index >= 15 is 0 Å². The second-order valence-corrected chi connectivity index (χ2v) is 9.50. The fourth-order valence-electron chi connectivity index (χ4n) is 4.90. The highest BCUT2D eigenvalue weighted by atomic mass is 32.1. The number of nitrogens with one attached hydrogen (secondary N) is 1. The topological polar surface area (TPSA) is 63.3 Å². The van der Waals surface area contributed by atoms with Crippen molar-refractivity contribution in [3.63, 3.8) is 0 Å². The number of amides is 1. The first-order valence-electron chi connectivity index (χ1n) is 11.6. The van der Waals surface area contributed by atoms with Crippen LogP contribution in [0.3, 0.4) is 0 Å². The Morgan fingerprint density at radius 2 is 1.53 bits per heavy atom. The van der Waals surface area contributed by atoms with E-state index in [1.807, 2.05) is 47.4 Å². The van der Waals surface area contributed by atoms with Gasteiger partial charge in [-0.2, -0.15) is 0 Å². The molecule has 7 nitrogen and oxygen atoms in total. The first-order chi connectivity index (χ1) is 16.4. The quantitative estimate of drug-likeness (QED) is 0.624. The molecule has 0 bridgehead atoms. The van der Waals surface area contributed by atoms with Gasteiger partial charge < -0.3 is 29.3 Å². The zero-order valence-corrected chi connectivity index (χ0v) is 21.0. The molecule has 2 heterocycles. The molecule has 2 aromatic rings. The number of benzene rings is 2. The minimum atomic E-state index is 0.183. The summed E-state index contributed by atoms with van der Waals surface area (Å²) in [7, 11) is 4.91. The van der Waals surface area contributed by atoms with Gasteiger partial charge in [0, 0.05) is 50.1 Å². The summed E-state index contributed by atoms with van der Waals surface area (Å²) in [6.45, 7) is 3.43. The SMILES string of the molecule is COc1cccc(CC(=O)N2CCC3(CC2)CCN(C(=S)Nc2cc(OC)cc(OC)c2)C3)c1. The molecule has 34 heavy (non-hydrogen) atoms. The van der Waals surface area contributed by atoms with Crippen LogP contribution in [0.15, 0.2) is 42.5 Å². The van der Waals surface area contributed by atoms with E-state index in [2.05, 4.69) is 10.2 Å². The Bertz CT molecular complexity index is 1010. The van der Waals surface area contributed by atoms with Crippen LogP contribution in [-0.2, 0) is 11.2 Å². The normalized spacial score (nSPS) is 16.9. The standard InChI is InChI=1S/C26H33N3O4S/c1-31-21-6-4-5-19(13-21)14-24(30)28-10-7-26(8-11-28)9-12-29(18-26)25(34)27-20-15-22(32-2)17-23(16-20)33-3/h4-6,13,15-17H,7-12,14,18H2,1-3H3,(H,27,34). The molecule has 1 amide bonds. The van der Waals surface area contributed by atoms with Crippen molar-refractivity contribution in [1.82, 2.24) is 9.80 Å². The number of piperidine rings is 1. The van der Waals surface area contributed by atoms with Crippen LogP contribution in [-0.4, -0.2) is 68.3 Å². The average Bonchev–Trinajstić information content (AvgIpc) is 3.27. The number of thiocarbonyl (C=S) groups is 1. The molecule has 1 spiro atoms. The van der Waals surface area contributed by atoms with E-state index < -0.39 is 0 Å². The van der Waals surface area contributed by atoms with Crippen LogP contribution in [0, 0.1) is 5.41 Å². The first kappa shape index (κ1) is 24.1. The number of ether oxygens (including phenoxy) is 3. The lowest BCUT2D eigenvalue weighted by Crippen LogP contribution is -2.45. The van der Waals surface area contributed by atoms with Crippen molar-refractivity contribution in [2.24, 2.45) is 5.41 Å². The van der Waals surface area contributed by atoms with Crippen LogP contribution in [0.1, 0.15) is 24.8 Å². The van der Waals surface area contributed by atoms with Gasteiger partial charge in [0.15, 0.2) is 5.11 Å². The summed E-state index contributed by atoms with van der Waals surface area (Å²) < 4.78 is 16.0. The van der Waals surface area contributed by atoms with Crippen molar-refractivity contribution in [2.45, 2.75) is 25.7 Å². The minimum absolute atomic E-state index is 0.183. The predicted molar refractivity (Wildman–Crippen MR) is 137 cm³/mol. The van der Waals surface area contributed by atoms with Crippen molar-refractivity contribution in [3.05, 3.63) is 48.0 Å². The average molecular weight is 484 g/mol. The van der Waals surface area contributed by atoms with Crippen LogP contribution in [0.4, 0.5) is 5.69 Å². The first-order valence-corrected chi connectivity index (χ1v) is 12.0. The minimum Gasteiger partial charge on any atom is -0.497 e. The molecule has 182 valence electrons. The van der Waals surface area contributed by atoms with E-state index in [4.69, 9.17) is 26.4 Å². The van der Waals surface area contributed by atoms with E-state index in [0.29, 0.717) is 23.0 Å². The van der Waals surface area contributed by atoms with Crippen LogP contribution in [0.5, 0.6) is 17.2 Å². The van der Waals surface area contributed by atoms with Crippen molar-refractivity contribution in [1.29, 1.82) is 0 Å². The van der Waals surface area contributed by atoms with Crippen LogP contribution < -0.4 is 19.5 Å². The summed E-state index contributed by atoms with van der Waals surface area (Å²) in [5.41, 5.74) is 2.05. The van der Waals surface area contributed by atoms with E-state index in [0.717, 1.165) is 62.4 Å². The fraction of sp³-hybridized carbons (Fsp3) is 0.462. The lowest BCUT2D eigenvalue weighted by atomic mass is 9.77. The highest BCUT2D eigenvalue weighted by molar-refractivity contribution is 7.80. The van der Waals surface area contributed by atoms with Gasteiger partial charge in [-0.25, -0.2) is 0 Å². The van der Waals surface area contributed by atoms with Gasteiger partial charge in [-0.3, -0.25) is 4.79 Å². The Morgan fingerprint density at radius 1 is 0.912 bits per heavy atom. The smallest absolute Gasteiger partial charge is 0.226 e. The monoisotopic (exact) mass is 483 g/mol. The number of carbonyl (C=O) groups is 1. The van der Waals surface area contributed by atoms with E-state index in [1.54, 1.807) is 21.3 Å². The lowest BCUT2D eigenvalue weighted by molar-refractivity contribution is -0.132. The summed E-state index contributed by atoms with van der Waals surface area (Å²) in [6.07, 6.45) is 3.51. The number of anilines is 1. The summed E-state index contributed by atoms with van der Waals surface area (Å²) in [5.74, 6) is 2.40. The molecular formula is C26H33N3O4S. The van der Waals surface area contributed by atoms with Crippen LogP contribution >= 0.6 is 12.2 Å². The fourth-order valence-corrected chi connectivity index (χ4v) is 5.17. The highest BCUT2D eigenvalue weighted by Crippen LogP contribution is 2.41. The largest absolute Gasteiger partial charge is 0.497 e. The van der Waals surface area contributed by atoms with E-state index in [1.165, 1.54) is 0 Å².